The molecule has 0 fully saturated rings. The molecule has 0 saturated heterocycles. The minimum atomic E-state index is 0.780. The van der Waals surface area contributed by atoms with E-state index in [1.54, 1.807) is 0 Å². The van der Waals surface area contributed by atoms with Gasteiger partial charge >= 0.3 is 0 Å². The Morgan fingerprint density at radius 2 is 0.438 bits per heavy atom. The Bertz CT molecular complexity index is 1130. The van der Waals surface area contributed by atoms with Gasteiger partial charge in [-0.1, -0.05) is 109 Å². The molecule has 0 aliphatic heterocycles. The lowest BCUT2D eigenvalue weighted by atomic mass is 10.1. The van der Waals surface area contributed by atoms with Crippen LogP contribution in [0.3, 0.4) is 0 Å². The maximum Gasteiger partial charge on any atom is 0.0314 e. The molecule has 0 saturated carbocycles. The average molecular weight is 415 g/mol. The molecule has 0 aromatic heterocycles. The van der Waals surface area contributed by atoms with Crippen molar-refractivity contribution in [2.75, 3.05) is 11.5 Å². The molecule has 156 valence electrons. The van der Waals surface area contributed by atoms with Gasteiger partial charge in [-0.3, -0.25) is 0 Å². The Morgan fingerprint density at radius 1 is 0.281 bits per heavy atom. The van der Waals surface area contributed by atoms with Crippen molar-refractivity contribution in [2.24, 2.45) is 0 Å². The summed E-state index contributed by atoms with van der Waals surface area (Å²) < 4.78 is 0. The first-order valence-corrected chi connectivity index (χ1v) is 10.6. The smallest absolute Gasteiger partial charge is 0.0314 e. The van der Waals surface area contributed by atoms with Crippen LogP contribution in [0.5, 0.6) is 0 Å². The van der Waals surface area contributed by atoms with Gasteiger partial charge in [0.05, 0.1) is 0 Å². The lowest BCUT2D eigenvalue weighted by molar-refractivity contribution is 1.60. The summed E-state index contributed by atoms with van der Waals surface area (Å²) in [7, 11) is 0. The number of hydrogen-bond donors (Lipinski definition) is 2. The van der Waals surface area contributed by atoms with E-state index in [0.717, 1.165) is 33.6 Å². The van der Waals surface area contributed by atoms with Crippen LogP contribution in [0.25, 0.3) is 36.5 Å². The molecule has 0 aliphatic rings. The summed E-state index contributed by atoms with van der Waals surface area (Å²) in [5.74, 6) is 0. The summed E-state index contributed by atoms with van der Waals surface area (Å²) in [6.07, 6.45) is 12.7. The molecule has 4 aromatic carbocycles. The molecular formula is C30H26N2. The highest BCUT2D eigenvalue weighted by atomic mass is 14.5. The van der Waals surface area contributed by atoms with Crippen LogP contribution in [0.15, 0.2) is 97.1 Å². The number of nitrogen functional groups attached to an aromatic ring is 2. The van der Waals surface area contributed by atoms with Gasteiger partial charge in [-0.15, -0.1) is 0 Å². The van der Waals surface area contributed by atoms with Gasteiger partial charge in [-0.05, 0) is 57.6 Å². The molecule has 0 heterocycles. The molecule has 0 bridgehead atoms. The Hall–Kier alpha value is -4.30. The predicted molar refractivity (Wildman–Crippen MR) is 141 cm³/mol. The summed E-state index contributed by atoms with van der Waals surface area (Å²) in [6, 6.07) is 32.7. The van der Waals surface area contributed by atoms with E-state index in [2.05, 4.69) is 85.0 Å². The van der Waals surface area contributed by atoms with Crippen molar-refractivity contribution in [3.8, 4) is 0 Å². The quantitative estimate of drug-likeness (QED) is 0.256. The molecule has 0 spiro atoms. The molecule has 4 rings (SSSR count). The number of benzene rings is 4. The second-order valence-electron chi connectivity index (χ2n) is 7.67. The van der Waals surface area contributed by atoms with Crippen LogP contribution in [0.1, 0.15) is 33.4 Å². The average Bonchev–Trinajstić information content (AvgIpc) is 2.83. The van der Waals surface area contributed by atoms with Gasteiger partial charge < -0.3 is 11.5 Å². The van der Waals surface area contributed by atoms with Gasteiger partial charge in [-0.25, -0.2) is 0 Å². The molecule has 0 radical (unpaired) electrons. The van der Waals surface area contributed by atoms with Crippen LogP contribution in [0.2, 0.25) is 0 Å². The number of nitrogens with two attached hydrogens (primary N) is 2. The van der Waals surface area contributed by atoms with E-state index in [1.165, 1.54) is 11.1 Å². The third-order valence-electron chi connectivity index (χ3n) is 5.15. The van der Waals surface area contributed by atoms with Crippen LogP contribution >= 0.6 is 0 Å². The van der Waals surface area contributed by atoms with Crippen LogP contribution in [-0.4, -0.2) is 0 Å². The molecule has 2 heteroatoms. The van der Waals surface area contributed by atoms with E-state index >= 15 is 0 Å². The van der Waals surface area contributed by atoms with E-state index in [4.69, 9.17) is 11.5 Å². The van der Waals surface area contributed by atoms with E-state index < -0.39 is 0 Å². The first-order valence-electron chi connectivity index (χ1n) is 10.6. The molecule has 32 heavy (non-hydrogen) atoms. The SMILES string of the molecule is Nc1ccc(C=Cc2ccc(C=Cc3ccc(C=Cc4ccc(N)cc4)cc3)cc2)cc1. The third kappa shape index (κ3) is 6.10. The summed E-state index contributed by atoms with van der Waals surface area (Å²) in [4.78, 5) is 0. The van der Waals surface area contributed by atoms with Gasteiger partial charge in [0.2, 0.25) is 0 Å². The van der Waals surface area contributed by atoms with Gasteiger partial charge in [0.25, 0.3) is 0 Å². The normalized spacial score (nSPS) is 11.6. The fraction of sp³-hybridized carbons (Fsp3) is 0. The fourth-order valence-corrected chi connectivity index (χ4v) is 3.23. The van der Waals surface area contributed by atoms with E-state index in [0.29, 0.717) is 0 Å². The summed E-state index contributed by atoms with van der Waals surface area (Å²) in [5.41, 5.74) is 20.0. The standard InChI is InChI=1S/C30H26N2/c31-29-19-15-27(16-20-29)13-11-25-7-3-23(4-8-25)1-2-24-5-9-26(10-6-24)12-14-28-17-21-30(32)22-18-28/h1-22H,31-32H2. The first kappa shape index (κ1) is 21.0. The monoisotopic (exact) mass is 414 g/mol. The van der Waals surface area contributed by atoms with Crippen molar-refractivity contribution in [3.05, 3.63) is 130 Å². The second kappa shape index (κ2) is 10.1. The number of rotatable bonds is 6. The Balaban J connectivity index is 1.35. The Kier molecular flexibility index (Phi) is 6.64. The Labute approximate surface area is 189 Å². The van der Waals surface area contributed by atoms with Gasteiger partial charge in [0.1, 0.15) is 0 Å². The zero-order chi connectivity index (χ0) is 22.2. The lowest BCUT2D eigenvalue weighted by Crippen LogP contribution is -1.82. The van der Waals surface area contributed by atoms with E-state index in [1.807, 2.05) is 48.5 Å². The van der Waals surface area contributed by atoms with Crippen LogP contribution in [0.4, 0.5) is 11.4 Å². The molecule has 0 unspecified atom stereocenters. The summed E-state index contributed by atoms with van der Waals surface area (Å²) in [5, 5.41) is 0. The summed E-state index contributed by atoms with van der Waals surface area (Å²) in [6.45, 7) is 0. The van der Waals surface area contributed by atoms with Crippen molar-refractivity contribution < 1.29 is 0 Å². The highest BCUT2D eigenvalue weighted by Gasteiger charge is 1.93. The maximum atomic E-state index is 5.73. The van der Waals surface area contributed by atoms with Gasteiger partial charge in [0, 0.05) is 11.4 Å². The topological polar surface area (TPSA) is 52.0 Å². The van der Waals surface area contributed by atoms with E-state index in [-0.39, 0.29) is 0 Å². The van der Waals surface area contributed by atoms with Crippen molar-refractivity contribution in [1.29, 1.82) is 0 Å². The van der Waals surface area contributed by atoms with Gasteiger partial charge in [-0.2, -0.15) is 0 Å². The zero-order valence-corrected chi connectivity index (χ0v) is 17.9. The molecule has 0 atom stereocenters. The third-order valence-corrected chi connectivity index (χ3v) is 5.15. The highest BCUT2D eigenvalue weighted by molar-refractivity contribution is 5.75. The lowest BCUT2D eigenvalue weighted by Gasteiger charge is -1.99. The van der Waals surface area contributed by atoms with Crippen molar-refractivity contribution in [1.82, 2.24) is 0 Å². The molecule has 0 aliphatic carbocycles. The predicted octanol–water partition coefficient (Wildman–Crippen LogP) is 7.36. The van der Waals surface area contributed by atoms with Crippen LogP contribution in [-0.2, 0) is 0 Å². The van der Waals surface area contributed by atoms with Crippen molar-refractivity contribution >= 4 is 47.8 Å². The number of hydrogen-bond acceptors (Lipinski definition) is 2. The van der Waals surface area contributed by atoms with E-state index in [9.17, 15) is 0 Å². The van der Waals surface area contributed by atoms with Gasteiger partial charge in [0.15, 0.2) is 0 Å². The molecule has 4 N–H and O–H groups in total. The molecule has 2 nitrogen and oxygen atoms in total. The molecular weight excluding hydrogens is 388 g/mol. The Morgan fingerprint density at radius 3 is 0.625 bits per heavy atom. The van der Waals surface area contributed by atoms with Crippen molar-refractivity contribution in [3.63, 3.8) is 0 Å². The number of anilines is 2. The first-order chi connectivity index (χ1) is 15.6. The maximum absolute atomic E-state index is 5.73. The second-order valence-corrected chi connectivity index (χ2v) is 7.67. The minimum absolute atomic E-state index is 0.780. The highest BCUT2D eigenvalue weighted by Crippen LogP contribution is 2.15. The fourth-order valence-electron chi connectivity index (χ4n) is 3.23. The minimum Gasteiger partial charge on any atom is -0.399 e. The van der Waals surface area contributed by atoms with Crippen LogP contribution < -0.4 is 11.5 Å². The molecule has 4 aromatic rings. The molecule has 0 amide bonds. The zero-order valence-electron chi connectivity index (χ0n) is 17.9. The summed E-state index contributed by atoms with van der Waals surface area (Å²) >= 11 is 0. The van der Waals surface area contributed by atoms with Crippen molar-refractivity contribution in [2.45, 2.75) is 0 Å². The largest absolute Gasteiger partial charge is 0.399 e. The van der Waals surface area contributed by atoms with Crippen LogP contribution in [0, 0.1) is 0 Å².